The maximum Gasteiger partial charge on any atom is 0.323 e. The molecule has 3 rings (SSSR count). The molecule has 0 bridgehead atoms. The number of aromatic nitrogens is 2. The van der Waals surface area contributed by atoms with E-state index >= 15 is 0 Å². The second-order valence-corrected chi connectivity index (χ2v) is 6.35. The van der Waals surface area contributed by atoms with Gasteiger partial charge in [-0.05, 0) is 37.7 Å². The van der Waals surface area contributed by atoms with Crippen LogP contribution in [0.15, 0.2) is 30.3 Å². The van der Waals surface area contributed by atoms with E-state index in [-0.39, 0.29) is 6.03 Å². The third kappa shape index (κ3) is 3.62. The first-order valence-corrected chi connectivity index (χ1v) is 8.41. The number of likely N-dealkylation sites (tertiary alicyclic amines) is 1. The van der Waals surface area contributed by atoms with Gasteiger partial charge >= 0.3 is 6.03 Å². The fourth-order valence-corrected chi connectivity index (χ4v) is 3.44. The summed E-state index contributed by atoms with van der Waals surface area (Å²) in [5, 5.41) is 3.42. The molecule has 1 aliphatic rings. The minimum Gasteiger partial charge on any atom is -0.324 e. The maximum atomic E-state index is 12.3. The van der Waals surface area contributed by atoms with Crippen LogP contribution in [0.4, 0.5) is 9.93 Å². The SMILES string of the molecule is Cc1nsc(NC(=O)N2CCC[C@H](c3ccccc3)CC2)n1. The van der Waals surface area contributed by atoms with Crippen LogP contribution in [-0.2, 0) is 0 Å². The van der Waals surface area contributed by atoms with Gasteiger partial charge in [0.15, 0.2) is 0 Å². The zero-order valence-electron chi connectivity index (χ0n) is 12.7. The summed E-state index contributed by atoms with van der Waals surface area (Å²) in [5.41, 5.74) is 1.38. The van der Waals surface area contributed by atoms with Crippen LogP contribution in [0.3, 0.4) is 0 Å². The fourth-order valence-electron chi connectivity index (χ4n) is 2.88. The van der Waals surface area contributed by atoms with Gasteiger partial charge in [0.2, 0.25) is 5.13 Å². The highest BCUT2D eigenvalue weighted by molar-refractivity contribution is 7.09. The summed E-state index contributed by atoms with van der Waals surface area (Å²) in [7, 11) is 0. The van der Waals surface area contributed by atoms with E-state index in [1.54, 1.807) is 0 Å². The number of carbonyl (C=O) groups excluding carboxylic acids is 1. The summed E-state index contributed by atoms with van der Waals surface area (Å²) >= 11 is 1.22. The van der Waals surface area contributed by atoms with Gasteiger partial charge in [-0.2, -0.15) is 4.37 Å². The number of rotatable bonds is 2. The Morgan fingerprint density at radius 2 is 2.09 bits per heavy atom. The third-order valence-electron chi connectivity index (χ3n) is 4.03. The Morgan fingerprint density at radius 1 is 1.27 bits per heavy atom. The molecule has 1 N–H and O–H groups in total. The molecule has 0 aliphatic carbocycles. The Bertz CT molecular complexity index is 628. The van der Waals surface area contributed by atoms with Crippen molar-refractivity contribution in [3.63, 3.8) is 0 Å². The molecule has 1 fully saturated rings. The summed E-state index contributed by atoms with van der Waals surface area (Å²) < 4.78 is 4.08. The summed E-state index contributed by atoms with van der Waals surface area (Å²) in [4.78, 5) is 18.4. The monoisotopic (exact) mass is 316 g/mol. The molecule has 0 spiro atoms. The number of nitrogens with zero attached hydrogens (tertiary/aromatic N) is 3. The summed E-state index contributed by atoms with van der Waals surface area (Å²) in [6.07, 6.45) is 3.17. The standard InChI is InChI=1S/C16H20N4OS/c1-12-17-15(22-19-12)18-16(21)20-10-5-8-14(9-11-20)13-6-3-2-4-7-13/h2-4,6-7,14H,5,8-11H2,1H3,(H,17,18,19,21)/t14-/m0/s1. The van der Waals surface area contributed by atoms with Crippen LogP contribution in [0.1, 0.15) is 36.6 Å². The van der Waals surface area contributed by atoms with Crippen LogP contribution in [0.2, 0.25) is 0 Å². The van der Waals surface area contributed by atoms with E-state index in [9.17, 15) is 4.79 Å². The Balaban J connectivity index is 1.59. The van der Waals surface area contributed by atoms with Crippen molar-refractivity contribution in [2.24, 2.45) is 0 Å². The lowest BCUT2D eigenvalue weighted by atomic mass is 9.92. The molecule has 5 nitrogen and oxygen atoms in total. The van der Waals surface area contributed by atoms with E-state index in [1.165, 1.54) is 17.1 Å². The number of aryl methyl sites for hydroxylation is 1. The average Bonchev–Trinajstić information content (AvgIpc) is 2.80. The number of benzene rings is 1. The fraction of sp³-hybridized carbons (Fsp3) is 0.438. The Labute approximate surface area is 134 Å². The van der Waals surface area contributed by atoms with Crippen molar-refractivity contribution in [2.75, 3.05) is 18.4 Å². The van der Waals surface area contributed by atoms with E-state index in [0.29, 0.717) is 16.9 Å². The van der Waals surface area contributed by atoms with Gasteiger partial charge in [0.25, 0.3) is 0 Å². The Kier molecular flexibility index (Phi) is 4.68. The molecule has 2 aromatic rings. The molecule has 0 saturated carbocycles. The first kappa shape index (κ1) is 15.0. The van der Waals surface area contributed by atoms with Crippen LogP contribution in [0, 0.1) is 6.92 Å². The van der Waals surface area contributed by atoms with Crippen molar-refractivity contribution in [1.82, 2.24) is 14.3 Å². The first-order chi connectivity index (χ1) is 10.7. The minimum absolute atomic E-state index is 0.0649. The number of urea groups is 1. The van der Waals surface area contributed by atoms with Gasteiger partial charge < -0.3 is 4.90 Å². The van der Waals surface area contributed by atoms with Crippen LogP contribution in [-0.4, -0.2) is 33.4 Å². The number of nitrogens with one attached hydrogen (secondary N) is 1. The van der Waals surface area contributed by atoms with Gasteiger partial charge in [-0.15, -0.1) is 0 Å². The molecule has 0 unspecified atom stereocenters. The third-order valence-corrected chi connectivity index (χ3v) is 4.75. The van der Waals surface area contributed by atoms with Gasteiger partial charge in [0, 0.05) is 24.6 Å². The molecule has 1 saturated heterocycles. The number of amides is 2. The molecule has 1 aliphatic heterocycles. The molecule has 116 valence electrons. The van der Waals surface area contributed by atoms with Gasteiger partial charge in [0.1, 0.15) is 5.82 Å². The highest BCUT2D eigenvalue weighted by Gasteiger charge is 2.22. The molecule has 2 amide bonds. The van der Waals surface area contributed by atoms with Gasteiger partial charge in [0.05, 0.1) is 0 Å². The first-order valence-electron chi connectivity index (χ1n) is 7.63. The lowest BCUT2D eigenvalue weighted by Crippen LogP contribution is -2.35. The van der Waals surface area contributed by atoms with Crippen molar-refractivity contribution < 1.29 is 4.79 Å². The zero-order chi connectivity index (χ0) is 15.4. The van der Waals surface area contributed by atoms with Gasteiger partial charge in [-0.25, -0.2) is 9.78 Å². The molecule has 0 radical (unpaired) electrons. The van der Waals surface area contributed by atoms with E-state index in [2.05, 4.69) is 38.9 Å². The largest absolute Gasteiger partial charge is 0.324 e. The van der Waals surface area contributed by atoms with Crippen LogP contribution in [0.5, 0.6) is 0 Å². The molecule has 1 aromatic carbocycles. The summed E-state index contributed by atoms with van der Waals surface area (Å²) in [6, 6.07) is 10.5. The second-order valence-electron chi connectivity index (χ2n) is 5.60. The number of hydrogen-bond donors (Lipinski definition) is 1. The number of anilines is 1. The minimum atomic E-state index is -0.0649. The lowest BCUT2D eigenvalue weighted by Gasteiger charge is -2.20. The Hall–Kier alpha value is -1.95. The lowest BCUT2D eigenvalue weighted by molar-refractivity contribution is 0.213. The van der Waals surface area contributed by atoms with Crippen molar-refractivity contribution in [1.29, 1.82) is 0 Å². The normalized spacial score (nSPS) is 18.8. The molecular weight excluding hydrogens is 296 g/mol. The molecule has 2 heterocycles. The highest BCUT2D eigenvalue weighted by atomic mass is 32.1. The topological polar surface area (TPSA) is 58.1 Å². The number of carbonyl (C=O) groups is 1. The average molecular weight is 316 g/mol. The van der Waals surface area contributed by atoms with Gasteiger partial charge in [-0.1, -0.05) is 30.3 Å². The molecule has 22 heavy (non-hydrogen) atoms. The molecule has 6 heteroatoms. The van der Waals surface area contributed by atoms with Gasteiger partial charge in [-0.3, -0.25) is 5.32 Å². The summed E-state index contributed by atoms with van der Waals surface area (Å²) in [5.74, 6) is 1.24. The number of hydrogen-bond acceptors (Lipinski definition) is 4. The predicted molar refractivity (Wildman–Crippen MR) is 88.3 cm³/mol. The van der Waals surface area contributed by atoms with Crippen LogP contribution in [0.25, 0.3) is 0 Å². The van der Waals surface area contributed by atoms with Crippen LogP contribution < -0.4 is 5.32 Å². The maximum absolute atomic E-state index is 12.3. The van der Waals surface area contributed by atoms with E-state index in [4.69, 9.17) is 0 Å². The smallest absolute Gasteiger partial charge is 0.323 e. The van der Waals surface area contributed by atoms with Crippen LogP contribution >= 0.6 is 11.5 Å². The van der Waals surface area contributed by atoms with E-state index < -0.39 is 0 Å². The van der Waals surface area contributed by atoms with Crippen molar-refractivity contribution in [3.05, 3.63) is 41.7 Å². The zero-order valence-corrected chi connectivity index (χ0v) is 13.5. The Morgan fingerprint density at radius 3 is 2.82 bits per heavy atom. The van der Waals surface area contributed by atoms with E-state index in [0.717, 1.165) is 32.4 Å². The molecule has 1 atom stereocenters. The quantitative estimate of drug-likeness (QED) is 0.920. The van der Waals surface area contributed by atoms with Crippen molar-refractivity contribution >= 4 is 22.7 Å². The molecular formula is C16H20N4OS. The second kappa shape index (κ2) is 6.87. The van der Waals surface area contributed by atoms with Crippen molar-refractivity contribution in [3.8, 4) is 0 Å². The highest BCUT2D eigenvalue weighted by Crippen LogP contribution is 2.28. The van der Waals surface area contributed by atoms with E-state index in [1.807, 2.05) is 17.9 Å². The van der Waals surface area contributed by atoms with Crippen molar-refractivity contribution in [2.45, 2.75) is 32.1 Å². The predicted octanol–water partition coefficient (Wildman–Crippen LogP) is 3.65. The summed E-state index contributed by atoms with van der Waals surface area (Å²) in [6.45, 7) is 3.40. The molecule has 1 aromatic heterocycles.